The molecule has 0 aromatic carbocycles. The lowest BCUT2D eigenvalue weighted by atomic mass is 10.1. The molecule has 0 atom stereocenters. The van der Waals surface area contributed by atoms with Gasteiger partial charge in [0.2, 0.25) is 0 Å². The van der Waals surface area contributed by atoms with Crippen LogP contribution in [0.1, 0.15) is 65.2 Å². The smallest absolute Gasteiger partial charge is 0.0570 e. The molecule has 0 amide bonds. The Morgan fingerprint density at radius 3 is 1.69 bits per heavy atom. The Labute approximate surface area is 82.0 Å². The van der Waals surface area contributed by atoms with Crippen molar-refractivity contribution in [3.63, 3.8) is 0 Å². The fourth-order valence-corrected chi connectivity index (χ4v) is 1.38. The van der Waals surface area contributed by atoms with Crippen LogP contribution >= 0.6 is 0 Å². The average Bonchev–Trinajstić information content (AvgIpc) is 2.16. The first-order valence-electron chi connectivity index (χ1n) is 5.54. The van der Waals surface area contributed by atoms with Gasteiger partial charge in [0.1, 0.15) is 0 Å². The number of oxime groups is 1. The van der Waals surface area contributed by atoms with E-state index in [9.17, 15) is 0 Å². The average molecular weight is 185 g/mol. The molecule has 0 saturated heterocycles. The molecule has 0 saturated carbocycles. The standard InChI is InChI=1S/C11H23NO/c1-3-5-7-9-11(12-13)10-8-6-4-2/h13H,3-10H2,1-2H3. The van der Waals surface area contributed by atoms with Crippen LogP contribution in [0.2, 0.25) is 0 Å². The van der Waals surface area contributed by atoms with Crippen LogP contribution < -0.4 is 0 Å². The SMILES string of the molecule is CCCCCC(CCCCC)=NO. The fourth-order valence-electron chi connectivity index (χ4n) is 1.38. The molecule has 0 unspecified atom stereocenters. The van der Waals surface area contributed by atoms with Gasteiger partial charge in [-0.2, -0.15) is 0 Å². The van der Waals surface area contributed by atoms with E-state index in [4.69, 9.17) is 5.21 Å². The summed E-state index contributed by atoms with van der Waals surface area (Å²) in [6.07, 6.45) is 9.24. The van der Waals surface area contributed by atoms with Crippen molar-refractivity contribution in [2.45, 2.75) is 65.2 Å². The highest BCUT2D eigenvalue weighted by atomic mass is 16.4. The summed E-state index contributed by atoms with van der Waals surface area (Å²) in [5.41, 5.74) is 0.988. The molecule has 1 N–H and O–H groups in total. The predicted octanol–water partition coefficient (Wildman–Crippen LogP) is 3.98. The van der Waals surface area contributed by atoms with Gasteiger partial charge in [-0.25, -0.2) is 0 Å². The lowest BCUT2D eigenvalue weighted by molar-refractivity contribution is 0.315. The maximum Gasteiger partial charge on any atom is 0.0570 e. The van der Waals surface area contributed by atoms with Crippen molar-refractivity contribution >= 4 is 5.71 Å². The summed E-state index contributed by atoms with van der Waals surface area (Å²) < 4.78 is 0. The van der Waals surface area contributed by atoms with Gasteiger partial charge in [0.15, 0.2) is 0 Å². The van der Waals surface area contributed by atoms with E-state index in [1.54, 1.807) is 0 Å². The third kappa shape index (κ3) is 7.82. The third-order valence-corrected chi connectivity index (χ3v) is 2.28. The van der Waals surface area contributed by atoms with Crippen molar-refractivity contribution in [3.8, 4) is 0 Å². The molecule has 13 heavy (non-hydrogen) atoms. The van der Waals surface area contributed by atoms with E-state index in [1.165, 1.54) is 38.5 Å². The largest absolute Gasteiger partial charge is 0.411 e. The Bertz CT molecular complexity index is 120. The quantitative estimate of drug-likeness (QED) is 0.264. The van der Waals surface area contributed by atoms with Gasteiger partial charge in [0.05, 0.1) is 5.71 Å². The van der Waals surface area contributed by atoms with E-state index in [0.29, 0.717) is 0 Å². The summed E-state index contributed by atoms with van der Waals surface area (Å²) >= 11 is 0. The highest BCUT2D eigenvalue weighted by Crippen LogP contribution is 2.07. The summed E-state index contributed by atoms with van der Waals surface area (Å²) in [7, 11) is 0. The van der Waals surface area contributed by atoms with E-state index in [1.807, 2.05) is 0 Å². The van der Waals surface area contributed by atoms with Gasteiger partial charge in [-0.3, -0.25) is 0 Å². The van der Waals surface area contributed by atoms with E-state index in [2.05, 4.69) is 19.0 Å². The van der Waals surface area contributed by atoms with Gasteiger partial charge in [-0.15, -0.1) is 0 Å². The number of hydrogen-bond acceptors (Lipinski definition) is 2. The van der Waals surface area contributed by atoms with Gasteiger partial charge in [0.25, 0.3) is 0 Å². The first-order chi connectivity index (χ1) is 6.35. The van der Waals surface area contributed by atoms with Gasteiger partial charge < -0.3 is 5.21 Å². The van der Waals surface area contributed by atoms with E-state index in [-0.39, 0.29) is 0 Å². The Kier molecular flexibility index (Phi) is 9.17. The molecule has 0 heterocycles. The van der Waals surface area contributed by atoms with E-state index in [0.717, 1.165) is 18.6 Å². The summed E-state index contributed by atoms with van der Waals surface area (Å²) in [6, 6.07) is 0. The van der Waals surface area contributed by atoms with Crippen LogP contribution in [0.4, 0.5) is 0 Å². The lowest BCUT2D eigenvalue weighted by Gasteiger charge is -2.02. The van der Waals surface area contributed by atoms with Crippen molar-refractivity contribution in [1.29, 1.82) is 0 Å². The Hall–Kier alpha value is -0.530. The molecule has 0 fully saturated rings. The first-order valence-corrected chi connectivity index (χ1v) is 5.54. The molecule has 0 aliphatic heterocycles. The molecule has 0 rings (SSSR count). The van der Waals surface area contributed by atoms with Crippen LogP contribution in [0, 0.1) is 0 Å². The van der Waals surface area contributed by atoms with Crippen LogP contribution in [0.5, 0.6) is 0 Å². The van der Waals surface area contributed by atoms with Crippen molar-refractivity contribution in [1.82, 2.24) is 0 Å². The van der Waals surface area contributed by atoms with E-state index >= 15 is 0 Å². The molecular formula is C11H23NO. The van der Waals surface area contributed by atoms with E-state index < -0.39 is 0 Å². The third-order valence-electron chi connectivity index (χ3n) is 2.28. The van der Waals surface area contributed by atoms with Crippen molar-refractivity contribution in [2.24, 2.45) is 5.16 Å². The topological polar surface area (TPSA) is 32.6 Å². The molecule has 0 spiro atoms. The van der Waals surface area contributed by atoms with Crippen LogP contribution in [0.15, 0.2) is 5.16 Å². The maximum atomic E-state index is 8.71. The molecule has 0 aliphatic carbocycles. The second-order valence-electron chi connectivity index (χ2n) is 3.58. The van der Waals surface area contributed by atoms with Gasteiger partial charge in [0, 0.05) is 0 Å². The minimum Gasteiger partial charge on any atom is -0.411 e. The Morgan fingerprint density at radius 1 is 0.923 bits per heavy atom. The molecule has 0 bridgehead atoms. The zero-order valence-corrected chi connectivity index (χ0v) is 9.05. The molecule has 0 radical (unpaired) electrons. The molecule has 78 valence electrons. The van der Waals surface area contributed by atoms with Crippen molar-refractivity contribution < 1.29 is 5.21 Å². The minimum atomic E-state index is 0.980. The molecule has 2 heteroatoms. The molecule has 0 aromatic rings. The maximum absolute atomic E-state index is 8.71. The van der Waals surface area contributed by atoms with Crippen molar-refractivity contribution in [3.05, 3.63) is 0 Å². The molecule has 2 nitrogen and oxygen atoms in total. The molecule has 0 aromatic heterocycles. The Morgan fingerprint density at radius 2 is 1.38 bits per heavy atom. The predicted molar refractivity (Wildman–Crippen MR) is 57.5 cm³/mol. The van der Waals surface area contributed by atoms with Crippen LogP contribution in [0.3, 0.4) is 0 Å². The molecule has 0 aliphatic rings. The molecular weight excluding hydrogens is 162 g/mol. The van der Waals surface area contributed by atoms with Crippen LogP contribution in [0.25, 0.3) is 0 Å². The van der Waals surface area contributed by atoms with Gasteiger partial charge in [-0.1, -0.05) is 44.7 Å². The number of nitrogens with zero attached hydrogens (tertiary/aromatic N) is 1. The van der Waals surface area contributed by atoms with Gasteiger partial charge >= 0.3 is 0 Å². The van der Waals surface area contributed by atoms with Crippen molar-refractivity contribution in [2.75, 3.05) is 0 Å². The normalized spacial score (nSPS) is 10.0. The highest BCUT2D eigenvalue weighted by Gasteiger charge is 1.99. The Balaban J connectivity index is 3.41. The summed E-state index contributed by atoms with van der Waals surface area (Å²) in [5.74, 6) is 0. The number of rotatable bonds is 8. The zero-order valence-electron chi connectivity index (χ0n) is 9.05. The summed E-state index contributed by atoms with van der Waals surface area (Å²) in [4.78, 5) is 0. The summed E-state index contributed by atoms with van der Waals surface area (Å²) in [5, 5.41) is 12.1. The highest BCUT2D eigenvalue weighted by molar-refractivity contribution is 5.83. The lowest BCUT2D eigenvalue weighted by Crippen LogP contribution is -1.98. The zero-order chi connectivity index (χ0) is 9.94. The first kappa shape index (κ1) is 12.5. The monoisotopic (exact) mass is 185 g/mol. The second-order valence-corrected chi connectivity index (χ2v) is 3.58. The van der Waals surface area contributed by atoms with Gasteiger partial charge in [-0.05, 0) is 25.7 Å². The fraction of sp³-hybridized carbons (Fsp3) is 0.909. The van der Waals surface area contributed by atoms with Crippen LogP contribution in [-0.4, -0.2) is 10.9 Å². The number of unbranched alkanes of at least 4 members (excludes halogenated alkanes) is 4. The second kappa shape index (κ2) is 9.56. The minimum absolute atomic E-state index is 0.980. The number of hydrogen-bond donors (Lipinski definition) is 1. The summed E-state index contributed by atoms with van der Waals surface area (Å²) in [6.45, 7) is 4.37. The van der Waals surface area contributed by atoms with Crippen LogP contribution in [-0.2, 0) is 0 Å².